The van der Waals surface area contributed by atoms with Gasteiger partial charge >= 0.3 is 5.69 Å². The third-order valence-corrected chi connectivity index (χ3v) is 3.42. The van der Waals surface area contributed by atoms with Gasteiger partial charge in [-0.2, -0.15) is 10.2 Å². The van der Waals surface area contributed by atoms with E-state index >= 15 is 0 Å². The molecule has 0 saturated heterocycles. The number of nitriles is 1. The normalized spacial score (nSPS) is 9.90. The fourth-order valence-electron chi connectivity index (χ4n) is 1.50. The van der Waals surface area contributed by atoms with Gasteiger partial charge in [-0.3, -0.25) is 10.1 Å². The molecule has 0 bridgehead atoms. The molecule has 9 heteroatoms. The van der Waals surface area contributed by atoms with E-state index in [-0.39, 0.29) is 16.7 Å². The Morgan fingerprint density at radius 1 is 1.48 bits per heavy atom. The molecule has 0 spiro atoms. The van der Waals surface area contributed by atoms with Gasteiger partial charge in [0.2, 0.25) is 5.95 Å². The molecule has 0 fully saturated rings. The highest BCUT2D eigenvalue weighted by Crippen LogP contribution is 2.26. The van der Waals surface area contributed by atoms with Crippen LogP contribution in [0.5, 0.6) is 0 Å². The average molecular weight is 322 g/mol. The Hall–Kier alpha value is -2.37. The van der Waals surface area contributed by atoms with Gasteiger partial charge in [0.15, 0.2) is 5.03 Å². The van der Waals surface area contributed by atoms with Gasteiger partial charge in [0.05, 0.1) is 4.92 Å². The molecule has 0 saturated carbocycles. The molecule has 1 aromatic heterocycles. The Balaban J connectivity index is 2.18. The molecule has 1 N–H and O–H groups in total. The van der Waals surface area contributed by atoms with Crippen molar-refractivity contribution in [3.8, 4) is 5.40 Å². The van der Waals surface area contributed by atoms with Crippen molar-refractivity contribution >= 4 is 35.0 Å². The lowest BCUT2D eigenvalue weighted by atomic mass is 10.2. The monoisotopic (exact) mass is 321 g/mol. The number of nitro groups is 1. The van der Waals surface area contributed by atoms with E-state index < -0.39 is 4.92 Å². The van der Waals surface area contributed by atoms with E-state index in [2.05, 4.69) is 15.3 Å². The first-order chi connectivity index (χ1) is 10.1. The maximum absolute atomic E-state index is 10.8. The van der Waals surface area contributed by atoms with Gasteiger partial charge in [-0.15, -0.1) is 0 Å². The van der Waals surface area contributed by atoms with Crippen LogP contribution in [0.25, 0.3) is 0 Å². The number of hydrogen-bond donors (Lipinski definition) is 1. The number of thioether (sulfide) groups is 1. The molecule has 0 aliphatic heterocycles. The average Bonchev–Trinajstić information content (AvgIpc) is 2.46. The van der Waals surface area contributed by atoms with Crippen LogP contribution in [0, 0.1) is 20.8 Å². The van der Waals surface area contributed by atoms with Crippen LogP contribution in [-0.4, -0.2) is 14.9 Å². The molecular formula is C12H8ClN5O2S. The smallest absolute Gasteiger partial charge is 0.320 e. The van der Waals surface area contributed by atoms with Crippen LogP contribution in [0.1, 0.15) is 5.56 Å². The number of thiocyanates is 1. The molecule has 0 aliphatic rings. The van der Waals surface area contributed by atoms with Crippen LogP contribution in [0.3, 0.4) is 0 Å². The fraction of sp³-hybridized carbons (Fsp3) is 0.0833. The molecule has 106 valence electrons. The first-order valence-corrected chi connectivity index (χ1v) is 6.86. The Labute approximate surface area is 129 Å². The second kappa shape index (κ2) is 6.88. The number of rotatable bonds is 5. The topological polar surface area (TPSA) is 105 Å². The highest BCUT2D eigenvalue weighted by atomic mass is 35.5. The summed E-state index contributed by atoms with van der Waals surface area (Å²) in [6, 6.07) is 7.25. The number of nitrogens with one attached hydrogen (secondary N) is 1. The van der Waals surface area contributed by atoms with Crippen molar-refractivity contribution < 1.29 is 4.92 Å². The predicted molar refractivity (Wildman–Crippen MR) is 78.9 cm³/mol. The maximum Gasteiger partial charge on any atom is 0.320 e. The fourth-order valence-corrected chi connectivity index (χ4v) is 2.16. The van der Waals surface area contributed by atoms with Gasteiger partial charge < -0.3 is 5.32 Å². The molecule has 2 aromatic rings. The Kier molecular flexibility index (Phi) is 4.92. The van der Waals surface area contributed by atoms with E-state index in [1.165, 1.54) is 0 Å². The number of aromatic nitrogens is 2. The van der Waals surface area contributed by atoms with Crippen molar-refractivity contribution in [1.29, 1.82) is 5.26 Å². The van der Waals surface area contributed by atoms with Crippen LogP contribution < -0.4 is 5.32 Å². The molecule has 1 aromatic carbocycles. The van der Waals surface area contributed by atoms with Crippen molar-refractivity contribution in [3.05, 3.63) is 51.2 Å². The van der Waals surface area contributed by atoms with Crippen LogP contribution >= 0.6 is 23.4 Å². The van der Waals surface area contributed by atoms with Gasteiger partial charge in [0, 0.05) is 23.3 Å². The van der Waals surface area contributed by atoms with E-state index in [9.17, 15) is 10.1 Å². The largest absolute Gasteiger partial charge is 0.350 e. The third-order valence-electron chi connectivity index (χ3n) is 2.47. The molecule has 0 radical (unpaired) electrons. The van der Waals surface area contributed by atoms with Crippen LogP contribution in [0.2, 0.25) is 5.02 Å². The quantitative estimate of drug-likeness (QED) is 0.296. The molecule has 7 nitrogen and oxygen atoms in total. The van der Waals surface area contributed by atoms with Gasteiger partial charge in [-0.1, -0.05) is 29.8 Å². The summed E-state index contributed by atoms with van der Waals surface area (Å²) >= 11 is 6.64. The lowest BCUT2D eigenvalue weighted by Crippen LogP contribution is -2.05. The van der Waals surface area contributed by atoms with Crippen molar-refractivity contribution in [2.45, 2.75) is 11.6 Å². The zero-order valence-corrected chi connectivity index (χ0v) is 12.1. The molecule has 0 amide bonds. The number of benzene rings is 1. The predicted octanol–water partition coefficient (Wildman–Crippen LogP) is 3.22. The van der Waals surface area contributed by atoms with E-state index in [1.54, 1.807) is 11.5 Å². The highest BCUT2D eigenvalue weighted by molar-refractivity contribution is 8.03. The lowest BCUT2D eigenvalue weighted by molar-refractivity contribution is -0.388. The molecule has 21 heavy (non-hydrogen) atoms. The summed E-state index contributed by atoms with van der Waals surface area (Å²) in [5, 5.41) is 24.7. The summed E-state index contributed by atoms with van der Waals surface area (Å²) < 4.78 is 0. The maximum atomic E-state index is 10.8. The van der Waals surface area contributed by atoms with Crippen LogP contribution in [-0.2, 0) is 6.54 Å². The zero-order chi connectivity index (χ0) is 15.2. The number of halogens is 1. The van der Waals surface area contributed by atoms with Gasteiger partial charge in [-0.05, 0) is 11.6 Å². The molecule has 2 rings (SSSR count). The second-order valence-electron chi connectivity index (χ2n) is 3.78. The second-order valence-corrected chi connectivity index (χ2v) is 4.96. The summed E-state index contributed by atoms with van der Waals surface area (Å²) in [6.07, 6.45) is 1.07. The molecule has 1 heterocycles. The minimum absolute atomic E-state index is 0.000779. The van der Waals surface area contributed by atoms with Crippen molar-refractivity contribution in [2.24, 2.45) is 0 Å². The van der Waals surface area contributed by atoms with Crippen molar-refractivity contribution in [2.75, 3.05) is 5.32 Å². The highest BCUT2D eigenvalue weighted by Gasteiger charge is 2.17. The molecule has 0 atom stereocenters. The van der Waals surface area contributed by atoms with Gasteiger partial charge in [-0.25, -0.2) is 4.98 Å². The van der Waals surface area contributed by atoms with Gasteiger partial charge in [0.1, 0.15) is 11.6 Å². The van der Waals surface area contributed by atoms with Crippen LogP contribution in [0.4, 0.5) is 11.6 Å². The van der Waals surface area contributed by atoms with E-state index in [1.807, 2.05) is 18.2 Å². The molecule has 0 unspecified atom stereocenters. The molecule has 0 aliphatic carbocycles. The third kappa shape index (κ3) is 3.81. The summed E-state index contributed by atoms with van der Waals surface area (Å²) in [6.45, 7) is 0.369. The summed E-state index contributed by atoms with van der Waals surface area (Å²) in [5.41, 5.74) is 0.542. The lowest BCUT2D eigenvalue weighted by Gasteiger charge is -2.07. The summed E-state index contributed by atoms with van der Waals surface area (Å²) in [4.78, 5) is 18.0. The van der Waals surface area contributed by atoms with Gasteiger partial charge in [0.25, 0.3) is 0 Å². The standard InChI is InChI=1S/C12H8ClN5O2S/c13-9-4-2-1-3-8(9)5-15-12-16-6-10(18(19)20)11(17-12)21-7-14/h1-4,6H,5H2,(H,15,16,17). The number of hydrogen-bond acceptors (Lipinski definition) is 7. The number of anilines is 1. The first kappa shape index (κ1) is 15.0. The minimum Gasteiger partial charge on any atom is -0.350 e. The zero-order valence-electron chi connectivity index (χ0n) is 10.5. The minimum atomic E-state index is -0.627. The molecular weight excluding hydrogens is 314 g/mol. The van der Waals surface area contributed by atoms with Crippen molar-refractivity contribution in [1.82, 2.24) is 9.97 Å². The van der Waals surface area contributed by atoms with Crippen molar-refractivity contribution in [3.63, 3.8) is 0 Å². The van der Waals surface area contributed by atoms with E-state index in [0.717, 1.165) is 11.8 Å². The Bertz CT molecular complexity index is 719. The SMILES string of the molecule is N#CSc1nc(NCc2ccccc2Cl)ncc1[N+](=O)[O-]. The summed E-state index contributed by atoms with van der Waals surface area (Å²) in [7, 11) is 0. The van der Waals surface area contributed by atoms with E-state index in [0.29, 0.717) is 23.3 Å². The summed E-state index contributed by atoms with van der Waals surface area (Å²) in [5.74, 6) is 0.193. The van der Waals surface area contributed by atoms with E-state index in [4.69, 9.17) is 16.9 Å². The number of nitrogens with zero attached hydrogens (tertiary/aromatic N) is 4. The van der Waals surface area contributed by atoms with Crippen LogP contribution in [0.15, 0.2) is 35.5 Å². The Morgan fingerprint density at radius 2 is 2.24 bits per heavy atom. The first-order valence-electron chi connectivity index (χ1n) is 5.66. The Morgan fingerprint density at radius 3 is 2.90 bits per heavy atom.